The number of rotatable bonds is 14. The summed E-state index contributed by atoms with van der Waals surface area (Å²) in [5, 5.41) is 0. The minimum Gasteiger partial charge on any atom is -0.399 e. The molecular weight excluding hydrogens is 527 g/mol. The smallest absolute Gasteiger partial charge is 0.399 e. The molecule has 1 N–H and O–H groups in total. The van der Waals surface area contributed by atoms with Crippen molar-refractivity contribution in [2.24, 2.45) is 0 Å². The van der Waals surface area contributed by atoms with Crippen LogP contribution in [0.15, 0.2) is 48.5 Å². The van der Waals surface area contributed by atoms with Crippen LogP contribution in [0.2, 0.25) is 0 Å². The van der Waals surface area contributed by atoms with Gasteiger partial charge in [-0.2, -0.15) is 0 Å². The quantitative estimate of drug-likeness (QED) is 0.160. The van der Waals surface area contributed by atoms with E-state index < -0.39 is 7.12 Å². The minimum absolute atomic E-state index is 0.251. The maximum absolute atomic E-state index is 12.4. The monoisotopic (exact) mass is 574 g/mol. The van der Waals surface area contributed by atoms with Crippen LogP contribution in [0.5, 0.6) is 0 Å². The zero-order chi connectivity index (χ0) is 30.3. The third-order valence-electron chi connectivity index (χ3n) is 8.48. The first-order valence-electron chi connectivity index (χ1n) is 15.3. The topological polar surface area (TPSA) is 77.9 Å². The van der Waals surface area contributed by atoms with Crippen LogP contribution in [0.4, 0.5) is 0 Å². The van der Waals surface area contributed by atoms with E-state index in [0.717, 1.165) is 78.9 Å². The van der Waals surface area contributed by atoms with Crippen LogP contribution in [0, 0.1) is 0 Å². The van der Waals surface area contributed by atoms with Crippen molar-refractivity contribution in [2.45, 2.75) is 92.1 Å². The molecule has 0 radical (unpaired) electrons. The fourth-order valence-corrected chi connectivity index (χ4v) is 5.00. The number of fused-ring (bicyclic) bond motifs is 1. The van der Waals surface area contributed by atoms with Crippen LogP contribution in [-0.4, -0.2) is 58.3 Å². The standard InChI is InChI=1S/C33H47BN4O4/c1-8-11-12-30-35-28-23-25(15-19-29(28)38(30)22-21-37(9-2)10-3)16-20-31(39)36-40-24-26-13-17-27(18-14-26)34-41-32(4,5)33(6,7)42-34/h13-20,23H,8-12,21-22,24H2,1-7H3,(H,36,39)/b20-16+. The SMILES string of the molecule is CCCCc1nc2cc(/C=C/C(=O)NOCc3ccc(B4OC(C)(C)C(C)(C)O4)cc3)ccc2n1CCN(CC)CC. The molecule has 0 aliphatic carbocycles. The van der Waals surface area contributed by atoms with Crippen molar-refractivity contribution in [3.63, 3.8) is 0 Å². The van der Waals surface area contributed by atoms with E-state index in [-0.39, 0.29) is 23.7 Å². The van der Waals surface area contributed by atoms with Crippen molar-refractivity contribution >= 4 is 35.6 Å². The molecule has 0 bridgehead atoms. The number of unbranched alkanes of at least 4 members (excludes halogenated alkanes) is 1. The summed E-state index contributed by atoms with van der Waals surface area (Å²) < 4.78 is 14.6. The Morgan fingerprint density at radius 2 is 1.74 bits per heavy atom. The van der Waals surface area contributed by atoms with Gasteiger partial charge in [-0.25, -0.2) is 10.5 Å². The molecule has 226 valence electrons. The number of hydroxylamine groups is 1. The third kappa shape index (κ3) is 7.69. The van der Waals surface area contributed by atoms with Gasteiger partial charge in [0.1, 0.15) is 5.82 Å². The summed E-state index contributed by atoms with van der Waals surface area (Å²) in [7, 11) is -0.404. The summed E-state index contributed by atoms with van der Waals surface area (Å²) in [6.45, 7) is 19.0. The van der Waals surface area contributed by atoms with Gasteiger partial charge in [0.15, 0.2) is 0 Å². The number of aromatic nitrogens is 2. The second-order valence-corrected chi connectivity index (χ2v) is 12.0. The van der Waals surface area contributed by atoms with E-state index in [2.05, 4.69) is 41.8 Å². The molecule has 2 aromatic carbocycles. The zero-order valence-electron chi connectivity index (χ0n) is 26.4. The van der Waals surface area contributed by atoms with Gasteiger partial charge in [0, 0.05) is 25.6 Å². The Kier molecular flexibility index (Phi) is 10.6. The van der Waals surface area contributed by atoms with Crippen LogP contribution in [0.3, 0.4) is 0 Å². The minimum atomic E-state index is -0.404. The van der Waals surface area contributed by atoms with Gasteiger partial charge in [0.25, 0.3) is 5.91 Å². The van der Waals surface area contributed by atoms with Crippen molar-refractivity contribution < 1.29 is 18.9 Å². The van der Waals surface area contributed by atoms with Crippen LogP contribution in [-0.2, 0) is 38.5 Å². The fourth-order valence-electron chi connectivity index (χ4n) is 5.00. The van der Waals surface area contributed by atoms with E-state index in [0.29, 0.717) is 0 Å². The summed E-state index contributed by atoms with van der Waals surface area (Å²) in [4.78, 5) is 25.3. The van der Waals surface area contributed by atoms with E-state index in [1.807, 2.05) is 64.1 Å². The number of imidazole rings is 1. The lowest BCUT2D eigenvalue weighted by Gasteiger charge is -2.32. The first-order valence-corrected chi connectivity index (χ1v) is 15.3. The van der Waals surface area contributed by atoms with Gasteiger partial charge in [0.2, 0.25) is 0 Å². The van der Waals surface area contributed by atoms with Crippen molar-refractivity contribution in [2.75, 3.05) is 19.6 Å². The fraction of sp³-hybridized carbons (Fsp3) is 0.515. The number of hydrogen-bond donors (Lipinski definition) is 1. The van der Waals surface area contributed by atoms with E-state index in [9.17, 15) is 4.79 Å². The van der Waals surface area contributed by atoms with Crippen molar-refractivity contribution in [3.8, 4) is 0 Å². The first kappa shape index (κ1) is 31.9. The van der Waals surface area contributed by atoms with Gasteiger partial charge in [0.05, 0.1) is 28.8 Å². The molecule has 1 saturated heterocycles. The molecule has 1 aliphatic rings. The molecule has 42 heavy (non-hydrogen) atoms. The van der Waals surface area contributed by atoms with E-state index >= 15 is 0 Å². The Morgan fingerprint density at radius 3 is 2.38 bits per heavy atom. The van der Waals surface area contributed by atoms with Gasteiger partial charge in [-0.1, -0.05) is 57.5 Å². The highest BCUT2D eigenvalue weighted by Gasteiger charge is 2.51. The molecule has 1 fully saturated rings. The third-order valence-corrected chi connectivity index (χ3v) is 8.48. The van der Waals surface area contributed by atoms with Crippen LogP contribution in [0.1, 0.15) is 78.3 Å². The Labute approximate surface area is 251 Å². The Morgan fingerprint density at radius 1 is 1.05 bits per heavy atom. The molecule has 3 aromatic rings. The molecule has 9 heteroatoms. The van der Waals surface area contributed by atoms with E-state index in [4.69, 9.17) is 19.1 Å². The highest BCUT2D eigenvalue weighted by molar-refractivity contribution is 6.62. The van der Waals surface area contributed by atoms with Crippen molar-refractivity contribution in [3.05, 3.63) is 65.5 Å². The molecule has 8 nitrogen and oxygen atoms in total. The number of carbonyl (C=O) groups excluding carboxylic acids is 1. The number of hydrogen-bond acceptors (Lipinski definition) is 6. The summed E-state index contributed by atoms with van der Waals surface area (Å²) in [5.41, 5.74) is 6.65. The number of carbonyl (C=O) groups is 1. The van der Waals surface area contributed by atoms with Gasteiger partial charge in [-0.3, -0.25) is 9.63 Å². The van der Waals surface area contributed by atoms with Crippen molar-refractivity contribution in [1.29, 1.82) is 0 Å². The number of amides is 1. The molecule has 0 atom stereocenters. The summed E-state index contributed by atoms with van der Waals surface area (Å²) in [5.74, 6) is 0.813. The van der Waals surface area contributed by atoms with E-state index in [1.165, 1.54) is 6.08 Å². The maximum Gasteiger partial charge on any atom is 0.494 e. The highest BCUT2D eigenvalue weighted by atomic mass is 16.7. The Bertz CT molecular complexity index is 1350. The van der Waals surface area contributed by atoms with Crippen LogP contribution in [0.25, 0.3) is 17.1 Å². The van der Waals surface area contributed by atoms with E-state index in [1.54, 1.807) is 6.08 Å². The summed E-state index contributed by atoms with van der Waals surface area (Å²) in [6, 6.07) is 14.0. The number of likely N-dealkylation sites (N-methyl/N-ethyl adjacent to an activating group) is 1. The molecule has 0 spiro atoms. The normalized spacial score (nSPS) is 16.2. The molecule has 0 unspecified atom stereocenters. The predicted molar refractivity (Wildman–Crippen MR) is 170 cm³/mol. The lowest BCUT2D eigenvalue weighted by Crippen LogP contribution is -2.41. The Hall–Kier alpha value is -2.98. The zero-order valence-corrected chi connectivity index (χ0v) is 26.4. The van der Waals surface area contributed by atoms with Gasteiger partial charge >= 0.3 is 7.12 Å². The molecule has 1 aromatic heterocycles. The average molecular weight is 575 g/mol. The number of benzene rings is 2. The number of nitrogens with zero attached hydrogens (tertiary/aromatic N) is 3. The number of aryl methyl sites for hydroxylation is 1. The molecule has 1 amide bonds. The molecule has 2 heterocycles. The Balaban J connectivity index is 1.31. The van der Waals surface area contributed by atoms with Gasteiger partial charge < -0.3 is 18.8 Å². The predicted octanol–water partition coefficient (Wildman–Crippen LogP) is 5.28. The summed E-state index contributed by atoms with van der Waals surface area (Å²) in [6.07, 6.45) is 6.49. The molecule has 4 rings (SSSR count). The highest BCUT2D eigenvalue weighted by Crippen LogP contribution is 2.36. The second-order valence-electron chi connectivity index (χ2n) is 12.0. The largest absolute Gasteiger partial charge is 0.494 e. The molecular formula is C33H47BN4O4. The van der Waals surface area contributed by atoms with Crippen LogP contribution < -0.4 is 10.9 Å². The average Bonchev–Trinajstić information content (AvgIpc) is 3.42. The lowest BCUT2D eigenvalue weighted by molar-refractivity contribution is -0.129. The lowest BCUT2D eigenvalue weighted by atomic mass is 9.79. The number of nitrogens with one attached hydrogen (secondary N) is 1. The van der Waals surface area contributed by atoms with Crippen molar-refractivity contribution in [1.82, 2.24) is 19.9 Å². The van der Waals surface area contributed by atoms with Gasteiger partial charge in [-0.15, -0.1) is 0 Å². The maximum atomic E-state index is 12.4. The van der Waals surface area contributed by atoms with Gasteiger partial charge in [-0.05, 0) is 82.0 Å². The van der Waals surface area contributed by atoms with Crippen LogP contribution >= 0.6 is 0 Å². The molecule has 1 aliphatic heterocycles. The second kappa shape index (κ2) is 14.0. The first-order chi connectivity index (χ1) is 20.1. The summed E-state index contributed by atoms with van der Waals surface area (Å²) >= 11 is 0. The molecule has 0 saturated carbocycles.